The fourth-order valence-electron chi connectivity index (χ4n) is 3.43. The molecule has 0 spiro atoms. The monoisotopic (exact) mass is 434 g/mol. The number of hydrogen-bond acceptors (Lipinski definition) is 4. The lowest BCUT2D eigenvalue weighted by atomic mass is 10.0. The quantitative estimate of drug-likeness (QED) is 0.724. The molecule has 1 heterocycles. The van der Waals surface area contributed by atoms with Crippen molar-refractivity contribution in [2.24, 2.45) is 5.92 Å². The number of benzene rings is 2. The van der Waals surface area contributed by atoms with Crippen molar-refractivity contribution >= 4 is 32.6 Å². The minimum atomic E-state index is -0.103. The van der Waals surface area contributed by atoms with Crippen LogP contribution in [0, 0.1) is 5.92 Å². The molecule has 1 saturated heterocycles. The lowest BCUT2D eigenvalue weighted by Gasteiger charge is -2.36. The highest BCUT2D eigenvalue weighted by atomic mass is 79.9. The second-order valence-corrected chi connectivity index (χ2v) is 7.94. The van der Waals surface area contributed by atoms with Crippen molar-refractivity contribution in [3.8, 4) is 5.75 Å². The lowest BCUT2D eigenvalue weighted by molar-refractivity contribution is -0.123. The Bertz CT molecular complexity index is 775. The number of rotatable bonds is 7. The Morgan fingerprint density at radius 3 is 2.70 bits per heavy atom. The molecule has 0 radical (unpaired) electrons. The van der Waals surface area contributed by atoms with Gasteiger partial charge < -0.3 is 14.8 Å². The molecule has 1 aliphatic heterocycles. The summed E-state index contributed by atoms with van der Waals surface area (Å²) in [5, 5.41) is 5.23. The summed E-state index contributed by atoms with van der Waals surface area (Å²) in [5.41, 5.74) is 0. The predicted octanol–water partition coefficient (Wildman–Crippen LogP) is 3.45. The number of fused-ring (bicyclic) bond motifs is 1. The maximum atomic E-state index is 12.3. The van der Waals surface area contributed by atoms with Gasteiger partial charge >= 0.3 is 0 Å². The first kappa shape index (κ1) is 20.1. The topological polar surface area (TPSA) is 50.8 Å². The summed E-state index contributed by atoms with van der Waals surface area (Å²) >= 11 is 3.59. The largest absolute Gasteiger partial charge is 0.483 e. The van der Waals surface area contributed by atoms with E-state index in [2.05, 4.69) is 40.0 Å². The van der Waals surface area contributed by atoms with Gasteiger partial charge in [-0.1, -0.05) is 44.2 Å². The molecule has 1 aliphatic rings. The van der Waals surface area contributed by atoms with Gasteiger partial charge in [-0.15, -0.1) is 0 Å². The number of hydrogen-bond donors (Lipinski definition) is 1. The molecule has 3 rings (SSSR count). The van der Waals surface area contributed by atoms with Crippen LogP contribution >= 0.6 is 15.9 Å². The standard InChI is InChI=1S/C21H27BrN2O3/c1-15(2)18(24-9-11-26-12-10-24)13-23-20(25)14-27-19-8-7-16-5-3-4-6-17(16)21(19)22/h3-8,15,18H,9-14H2,1-2H3,(H,23,25). The Balaban J connectivity index is 1.54. The van der Waals surface area contributed by atoms with Gasteiger partial charge in [-0.3, -0.25) is 9.69 Å². The molecule has 1 fully saturated rings. The van der Waals surface area contributed by atoms with E-state index in [0.29, 0.717) is 24.3 Å². The zero-order valence-electron chi connectivity index (χ0n) is 15.9. The van der Waals surface area contributed by atoms with Crippen LogP contribution in [0.2, 0.25) is 0 Å². The third-order valence-electron chi connectivity index (χ3n) is 4.98. The molecule has 1 amide bonds. The zero-order chi connectivity index (χ0) is 19.2. The molecule has 6 heteroatoms. The van der Waals surface area contributed by atoms with Gasteiger partial charge in [0.05, 0.1) is 17.7 Å². The molecule has 1 N–H and O–H groups in total. The fraction of sp³-hybridized carbons (Fsp3) is 0.476. The molecule has 2 aromatic rings. The molecule has 2 aromatic carbocycles. The number of nitrogens with one attached hydrogen (secondary N) is 1. The number of ether oxygens (including phenoxy) is 2. The molecule has 0 aromatic heterocycles. The third kappa shape index (κ3) is 5.21. The minimum absolute atomic E-state index is 0.00483. The van der Waals surface area contributed by atoms with Gasteiger partial charge in [-0.25, -0.2) is 0 Å². The van der Waals surface area contributed by atoms with E-state index < -0.39 is 0 Å². The maximum Gasteiger partial charge on any atom is 0.257 e. The lowest BCUT2D eigenvalue weighted by Crippen LogP contribution is -2.51. The highest BCUT2D eigenvalue weighted by molar-refractivity contribution is 9.10. The summed E-state index contributed by atoms with van der Waals surface area (Å²) in [4.78, 5) is 14.7. The van der Waals surface area contributed by atoms with E-state index in [1.54, 1.807) is 0 Å². The molecule has 1 unspecified atom stereocenters. The average molecular weight is 435 g/mol. The van der Waals surface area contributed by atoms with Gasteiger partial charge in [0, 0.05) is 25.7 Å². The van der Waals surface area contributed by atoms with Crippen molar-refractivity contribution in [1.82, 2.24) is 10.2 Å². The summed E-state index contributed by atoms with van der Waals surface area (Å²) in [6, 6.07) is 12.3. The average Bonchev–Trinajstić information content (AvgIpc) is 2.68. The maximum absolute atomic E-state index is 12.3. The molecule has 5 nitrogen and oxygen atoms in total. The second-order valence-electron chi connectivity index (χ2n) is 7.15. The molecule has 0 aliphatic carbocycles. The molecular weight excluding hydrogens is 408 g/mol. The summed E-state index contributed by atoms with van der Waals surface area (Å²) in [6.45, 7) is 8.36. The van der Waals surface area contributed by atoms with Crippen molar-refractivity contribution in [3.63, 3.8) is 0 Å². The Morgan fingerprint density at radius 2 is 1.96 bits per heavy atom. The van der Waals surface area contributed by atoms with E-state index >= 15 is 0 Å². The number of halogens is 1. The number of carbonyl (C=O) groups excluding carboxylic acids is 1. The molecule has 1 atom stereocenters. The van der Waals surface area contributed by atoms with Gasteiger partial charge in [0.15, 0.2) is 6.61 Å². The van der Waals surface area contributed by atoms with E-state index in [-0.39, 0.29) is 12.5 Å². The normalized spacial score (nSPS) is 16.4. The van der Waals surface area contributed by atoms with E-state index in [0.717, 1.165) is 41.5 Å². The van der Waals surface area contributed by atoms with Crippen molar-refractivity contribution in [1.29, 1.82) is 0 Å². The number of carbonyl (C=O) groups is 1. The third-order valence-corrected chi connectivity index (χ3v) is 5.80. The van der Waals surface area contributed by atoms with Crippen LogP contribution in [0.25, 0.3) is 10.8 Å². The first-order chi connectivity index (χ1) is 13.1. The summed E-state index contributed by atoms with van der Waals surface area (Å²) in [6.07, 6.45) is 0. The molecule has 146 valence electrons. The number of amides is 1. The van der Waals surface area contributed by atoms with Gasteiger partial charge in [0.2, 0.25) is 0 Å². The van der Waals surface area contributed by atoms with Crippen LogP contribution in [0.4, 0.5) is 0 Å². The molecule has 0 saturated carbocycles. The fourth-order valence-corrected chi connectivity index (χ4v) is 4.04. The van der Waals surface area contributed by atoms with Gasteiger partial charge in [0.25, 0.3) is 5.91 Å². The van der Waals surface area contributed by atoms with Crippen LogP contribution in [-0.4, -0.2) is 56.3 Å². The van der Waals surface area contributed by atoms with Crippen LogP contribution in [0.15, 0.2) is 40.9 Å². The Hall–Kier alpha value is -1.63. The first-order valence-corrected chi connectivity index (χ1v) is 10.2. The van der Waals surface area contributed by atoms with Crippen LogP contribution in [0.3, 0.4) is 0 Å². The van der Waals surface area contributed by atoms with E-state index in [1.165, 1.54) is 0 Å². The minimum Gasteiger partial charge on any atom is -0.483 e. The first-order valence-electron chi connectivity index (χ1n) is 9.45. The SMILES string of the molecule is CC(C)C(CNC(=O)COc1ccc2ccccc2c1Br)N1CCOCC1. The smallest absolute Gasteiger partial charge is 0.257 e. The highest BCUT2D eigenvalue weighted by Gasteiger charge is 2.24. The molecule has 0 bridgehead atoms. The van der Waals surface area contributed by atoms with Crippen molar-refractivity contribution < 1.29 is 14.3 Å². The predicted molar refractivity (Wildman–Crippen MR) is 111 cm³/mol. The Morgan fingerprint density at radius 1 is 1.22 bits per heavy atom. The van der Waals surface area contributed by atoms with Crippen LogP contribution in [0.1, 0.15) is 13.8 Å². The summed E-state index contributed by atoms with van der Waals surface area (Å²) in [7, 11) is 0. The second kappa shape index (κ2) is 9.53. The number of nitrogens with zero attached hydrogens (tertiary/aromatic N) is 1. The van der Waals surface area contributed by atoms with Gasteiger partial charge in [0.1, 0.15) is 5.75 Å². The van der Waals surface area contributed by atoms with Crippen molar-refractivity contribution in [2.75, 3.05) is 39.5 Å². The van der Waals surface area contributed by atoms with Gasteiger partial charge in [-0.2, -0.15) is 0 Å². The summed E-state index contributed by atoms with van der Waals surface area (Å²) < 4.78 is 12.1. The molecule has 27 heavy (non-hydrogen) atoms. The highest BCUT2D eigenvalue weighted by Crippen LogP contribution is 2.32. The van der Waals surface area contributed by atoms with Crippen LogP contribution in [-0.2, 0) is 9.53 Å². The van der Waals surface area contributed by atoms with E-state index in [4.69, 9.17) is 9.47 Å². The molecular formula is C21H27BrN2O3. The van der Waals surface area contributed by atoms with Crippen LogP contribution in [0.5, 0.6) is 5.75 Å². The Kier molecular flexibility index (Phi) is 7.10. The van der Waals surface area contributed by atoms with E-state index in [1.807, 2.05) is 36.4 Å². The van der Waals surface area contributed by atoms with E-state index in [9.17, 15) is 4.79 Å². The number of morpholine rings is 1. The van der Waals surface area contributed by atoms with Crippen LogP contribution < -0.4 is 10.1 Å². The van der Waals surface area contributed by atoms with Crippen molar-refractivity contribution in [3.05, 3.63) is 40.9 Å². The zero-order valence-corrected chi connectivity index (χ0v) is 17.5. The van der Waals surface area contributed by atoms with Gasteiger partial charge in [-0.05, 0) is 38.7 Å². The Labute approximate surface area is 169 Å². The van der Waals surface area contributed by atoms with Crippen molar-refractivity contribution in [2.45, 2.75) is 19.9 Å². The summed E-state index contributed by atoms with van der Waals surface area (Å²) in [5.74, 6) is 1.03.